The average molecular weight is 242 g/mol. The highest BCUT2D eigenvalue weighted by atomic mass is 16.5. The molecule has 0 spiro atoms. The zero-order chi connectivity index (χ0) is 12.8. The van der Waals surface area contributed by atoms with E-state index in [1.165, 1.54) is 5.56 Å². The van der Waals surface area contributed by atoms with Crippen molar-refractivity contribution in [3.63, 3.8) is 0 Å². The van der Waals surface area contributed by atoms with Crippen molar-refractivity contribution < 1.29 is 9.84 Å². The maximum absolute atomic E-state index is 8.86. The van der Waals surface area contributed by atoms with Crippen LogP contribution in [0.1, 0.15) is 12.0 Å². The molecule has 0 atom stereocenters. The first kappa shape index (κ1) is 12.7. The zero-order valence-corrected chi connectivity index (χ0v) is 10.6. The van der Waals surface area contributed by atoms with E-state index in [1.54, 1.807) is 7.11 Å². The molecular formula is C16H18O2. The van der Waals surface area contributed by atoms with Gasteiger partial charge in [0.05, 0.1) is 7.11 Å². The van der Waals surface area contributed by atoms with E-state index in [0.717, 1.165) is 29.7 Å². The van der Waals surface area contributed by atoms with Crippen LogP contribution in [-0.4, -0.2) is 18.8 Å². The van der Waals surface area contributed by atoms with E-state index in [0.29, 0.717) is 0 Å². The monoisotopic (exact) mass is 242 g/mol. The molecule has 0 aromatic heterocycles. The van der Waals surface area contributed by atoms with E-state index in [9.17, 15) is 0 Å². The lowest BCUT2D eigenvalue weighted by atomic mass is 10.0. The fraction of sp³-hybridized carbons (Fsp3) is 0.250. The average Bonchev–Trinajstić information content (AvgIpc) is 2.45. The minimum absolute atomic E-state index is 0.225. The van der Waals surface area contributed by atoms with Crippen LogP contribution < -0.4 is 4.74 Å². The Morgan fingerprint density at radius 2 is 1.83 bits per heavy atom. The molecule has 0 heterocycles. The first-order valence-corrected chi connectivity index (χ1v) is 6.18. The van der Waals surface area contributed by atoms with Crippen molar-refractivity contribution in [2.24, 2.45) is 0 Å². The minimum atomic E-state index is 0.225. The molecule has 0 aliphatic rings. The van der Waals surface area contributed by atoms with Crippen LogP contribution in [-0.2, 0) is 6.42 Å². The predicted octanol–water partition coefficient (Wildman–Crippen LogP) is 3.29. The SMILES string of the molecule is COc1cc(CCCO)ccc1-c1ccccc1. The van der Waals surface area contributed by atoms with Crippen molar-refractivity contribution in [3.05, 3.63) is 54.1 Å². The first-order valence-electron chi connectivity index (χ1n) is 6.18. The third kappa shape index (κ3) is 2.90. The summed E-state index contributed by atoms with van der Waals surface area (Å²) in [5.41, 5.74) is 3.45. The van der Waals surface area contributed by atoms with Crippen LogP contribution in [0, 0.1) is 0 Å². The van der Waals surface area contributed by atoms with E-state index in [4.69, 9.17) is 9.84 Å². The zero-order valence-electron chi connectivity index (χ0n) is 10.6. The highest BCUT2D eigenvalue weighted by molar-refractivity contribution is 5.70. The molecule has 0 saturated carbocycles. The van der Waals surface area contributed by atoms with Crippen LogP contribution in [0.4, 0.5) is 0 Å². The van der Waals surface area contributed by atoms with Gasteiger partial charge in [-0.15, -0.1) is 0 Å². The van der Waals surface area contributed by atoms with Gasteiger partial charge in [0.2, 0.25) is 0 Å². The second-order valence-electron chi connectivity index (χ2n) is 4.23. The molecule has 0 amide bonds. The minimum Gasteiger partial charge on any atom is -0.496 e. The van der Waals surface area contributed by atoms with E-state index < -0.39 is 0 Å². The van der Waals surface area contributed by atoms with Gasteiger partial charge in [-0.05, 0) is 30.0 Å². The third-order valence-electron chi connectivity index (χ3n) is 2.97. The summed E-state index contributed by atoms with van der Waals surface area (Å²) >= 11 is 0. The van der Waals surface area contributed by atoms with E-state index >= 15 is 0 Å². The second-order valence-corrected chi connectivity index (χ2v) is 4.23. The number of aliphatic hydroxyl groups is 1. The number of hydrogen-bond donors (Lipinski definition) is 1. The topological polar surface area (TPSA) is 29.5 Å². The van der Waals surface area contributed by atoms with Gasteiger partial charge in [0.1, 0.15) is 5.75 Å². The Morgan fingerprint density at radius 1 is 1.06 bits per heavy atom. The van der Waals surface area contributed by atoms with Gasteiger partial charge in [-0.3, -0.25) is 0 Å². The van der Waals surface area contributed by atoms with E-state index in [1.807, 2.05) is 18.2 Å². The Balaban J connectivity index is 2.32. The third-order valence-corrected chi connectivity index (χ3v) is 2.97. The van der Waals surface area contributed by atoms with E-state index in [2.05, 4.69) is 30.3 Å². The van der Waals surface area contributed by atoms with Crippen LogP contribution in [0.3, 0.4) is 0 Å². The molecule has 94 valence electrons. The van der Waals surface area contributed by atoms with E-state index in [-0.39, 0.29) is 6.61 Å². The molecule has 0 saturated heterocycles. The summed E-state index contributed by atoms with van der Waals surface area (Å²) in [6, 6.07) is 16.4. The number of aliphatic hydroxyl groups excluding tert-OH is 1. The normalized spacial score (nSPS) is 10.3. The summed E-state index contributed by atoms with van der Waals surface area (Å²) in [5, 5.41) is 8.86. The molecule has 0 bridgehead atoms. The number of aryl methyl sites for hydroxylation is 1. The molecule has 0 radical (unpaired) electrons. The van der Waals surface area contributed by atoms with Gasteiger partial charge in [-0.25, -0.2) is 0 Å². The fourth-order valence-corrected chi connectivity index (χ4v) is 2.03. The molecule has 0 unspecified atom stereocenters. The number of ether oxygens (including phenoxy) is 1. The highest BCUT2D eigenvalue weighted by Gasteiger charge is 2.06. The summed E-state index contributed by atoms with van der Waals surface area (Å²) in [7, 11) is 1.69. The summed E-state index contributed by atoms with van der Waals surface area (Å²) in [6.07, 6.45) is 1.66. The van der Waals surface area contributed by atoms with Crippen molar-refractivity contribution in [1.82, 2.24) is 0 Å². The Bertz CT molecular complexity index is 492. The van der Waals surface area contributed by atoms with Crippen molar-refractivity contribution >= 4 is 0 Å². The summed E-state index contributed by atoms with van der Waals surface area (Å²) in [6.45, 7) is 0.225. The van der Waals surface area contributed by atoms with Crippen LogP contribution in [0.5, 0.6) is 5.75 Å². The van der Waals surface area contributed by atoms with Gasteiger partial charge in [-0.1, -0.05) is 42.5 Å². The molecule has 1 N–H and O–H groups in total. The predicted molar refractivity (Wildman–Crippen MR) is 73.8 cm³/mol. The molecule has 0 fully saturated rings. The van der Waals surface area contributed by atoms with Gasteiger partial charge in [-0.2, -0.15) is 0 Å². The van der Waals surface area contributed by atoms with Crippen molar-refractivity contribution in [1.29, 1.82) is 0 Å². The van der Waals surface area contributed by atoms with Crippen molar-refractivity contribution in [2.45, 2.75) is 12.8 Å². The van der Waals surface area contributed by atoms with Crippen molar-refractivity contribution in [2.75, 3.05) is 13.7 Å². The molecule has 2 aromatic rings. The molecule has 2 aromatic carbocycles. The van der Waals surface area contributed by atoms with Crippen LogP contribution >= 0.6 is 0 Å². The lowest BCUT2D eigenvalue weighted by Crippen LogP contribution is -1.93. The van der Waals surface area contributed by atoms with Crippen LogP contribution in [0.25, 0.3) is 11.1 Å². The molecule has 2 nitrogen and oxygen atoms in total. The quantitative estimate of drug-likeness (QED) is 0.871. The molecule has 0 aliphatic heterocycles. The standard InChI is InChI=1S/C16H18O2/c1-18-16-12-13(6-5-11-17)9-10-15(16)14-7-3-2-4-8-14/h2-4,7-10,12,17H,5-6,11H2,1H3. The molecular weight excluding hydrogens is 224 g/mol. The largest absolute Gasteiger partial charge is 0.496 e. The Labute approximate surface area is 108 Å². The second kappa shape index (κ2) is 6.22. The maximum Gasteiger partial charge on any atom is 0.126 e. The fourth-order valence-electron chi connectivity index (χ4n) is 2.03. The number of benzene rings is 2. The van der Waals surface area contributed by atoms with Gasteiger partial charge in [0, 0.05) is 12.2 Å². The summed E-state index contributed by atoms with van der Waals surface area (Å²) in [4.78, 5) is 0. The lowest BCUT2D eigenvalue weighted by molar-refractivity contribution is 0.288. The molecule has 0 aliphatic carbocycles. The van der Waals surface area contributed by atoms with Crippen molar-refractivity contribution in [3.8, 4) is 16.9 Å². The van der Waals surface area contributed by atoms with Crippen LogP contribution in [0.2, 0.25) is 0 Å². The highest BCUT2D eigenvalue weighted by Crippen LogP contribution is 2.30. The number of hydrogen-bond acceptors (Lipinski definition) is 2. The van der Waals surface area contributed by atoms with Crippen LogP contribution in [0.15, 0.2) is 48.5 Å². The van der Waals surface area contributed by atoms with Gasteiger partial charge >= 0.3 is 0 Å². The number of rotatable bonds is 5. The van der Waals surface area contributed by atoms with Gasteiger partial charge in [0.25, 0.3) is 0 Å². The Kier molecular flexibility index (Phi) is 4.37. The Morgan fingerprint density at radius 3 is 2.50 bits per heavy atom. The van der Waals surface area contributed by atoms with Gasteiger partial charge in [0.15, 0.2) is 0 Å². The molecule has 18 heavy (non-hydrogen) atoms. The maximum atomic E-state index is 8.86. The molecule has 2 heteroatoms. The Hall–Kier alpha value is -1.80. The smallest absolute Gasteiger partial charge is 0.126 e. The van der Waals surface area contributed by atoms with Gasteiger partial charge < -0.3 is 9.84 Å². The molecule has 2 rings (SSSR count). The first-order chi connectivity index (χ1) is 8.85. The lowest BCUT2D eigenvalue weighted by Gasteiger charge is -2.10. The number of methoxy groups -OCH3 is 1. The summed E-state index contributed by atoms with van der Waals surface area (Å²) < 4.78 is 5.46. The summed E-state index contributed by atoms with van der Waals surface area (Å²) in [5.74, 6) is 0.886.